The van der Waals surface area contributed by atoms with E-state index in [1.165, 1.54) is 11.3 Å². The van der Waals surface area contributed by atoms with Gasteiger partial charge in [0, 0.05) is 55.4 Å². The Kier molecular flexibility index (Phi) is 6.26. The van der Waals surface area contributed by atoms with Crippen LogP contribution in [0.1, 0.15) is 39.5 Å². The molecule has 3 aromatic rings. The van der Waals surface area contributed by atoms with E-state index < -0.39 is 0 Å². The fraction of sp³-hybridized carbons (Fsp3) is 0.480. The number of aryl methyl sites for hydroxylation is 2. The molecule has 0 unspecified atom stereocenters. The van der Waals surface area contributed by atoms with Crippen LogP contribution in [0.5, 0.6) is 0 Å². The molecule has 1 fully saturated rings. The summed E-state index contributed by atoms with van der Waals surface area (Å²) in [5.74, 6) is 0.386. The average molecular weight is 484 g/mol. The number of hydrogen-bond acceptors (Lipinski definition) is 8. The van der Waals surface area contributed by atoms with Crippen molar-refractivity contribution >= 4 is 38.8 Å². The number of Topliss-reactive ketones (excluding diaryl/α,β-unsaturated/α-hetero) is 1. The minimum Gasteiger partial charge on any atom is -0.397 e. The predicted octanol–water partition coefficient (Wildman–Crippen LogP) is 3.51. The van der Waals surface area contributed by atoms with Crippen LogP contribution in [0.4, 0.5) is 15.9 Å². The number of nitrogens with zero attached hydrogens (tertiary/aromatic N) is 3. The molecule has 0 radical (unpaired) electrons. The van der Waals surface area contributed by atoms with E-state index in [0.29, 0.717) is 48.9 Å². The minimum absolute atomic E-state index is 0.0342. The quantitative estimate of drug-likeness (QED) is 0.517. The van der Waals surface area contributed by atoms with Crippen molar-refractivity contribution in [2.75, 3.05) is 37.4 Å². The summed E-state index contributed by atoms with van der Waals surface area (Å²) in [6, 6.07) is 5.37. The van der Waals surface area contributed by atoms with Crippen molar-refractivity contribution in [1.29, 1.82) is 0 Å². The number of pyridine rings is 2. The lowest BCUT2D eigenvalue weighted by Crippen LogP contribution is -2.32. The molecule has 1 aliphatic heterocycles. The zero-order valence-corrected chi connectivity index (χ0v) is 20.3. The highest BCUT2D eigenvalue weighted by molar-refractivity contribution is 7.21. The first-order valence-corrected chi connectivity index (χ1v) is 12.5. The Balaban J connectivity index is 1.30. The Hall–Kier alpha value is -2.62. The van der Waals surface area contributed by atoms with Crippen molar-refractivity contribution in [2.45, 2.75) is 38.6 Å². The van der Waals surface area contributed by atoms with E-state index in [4.69, 9.17) is 21.2 Å². The fourth-order valence-corrected chi connectivity index (χ4v) is 6.30. The van der Waals surface area contributed by atoms with Crippen LogP contribution in [0.2, 0.25) is 0 Å². The Morgan fingerprint density at radius 3 is 2.94 bits per heavy atom. The first-order chi connectivity index (χ1) is 16.3. The van der Waals surface area contributed by atoms with Crippen LogP contribution in [-0.4, -0.2) is 48.6 Å². The highest BCUT2D eigenvalue weighted by Gasteiger charge is 2.33. The van der Waals surface area contributed by atoms with Crippen molar-refractivity contribution < 1.29 is 13.9 Å². The third-order valence-electron chi connectivity index (χ3n) is 7.06. The van der Waals surface area contributed by atoms with Crippen molar-refractivity contribution in [1.82, 2.24) is 9.97 Å². The van der Waals surface area contributed by atoms with Crippen molar-refractivity contribution in [3.63, 3.8) is 0 Å². The summed E-state index contributed by atoms with van der Waals surface area (Å²) < 4.78 is 20.3. The number of thiophene rings is 1. The Morgan fingerprint density at radius 1 is 1.32 bits per heavy atom. The van der Waals surface area contributed by atoms with E-state index in [9.17, 15) is 4.79 Å². The molecule has 2 aliphatic rings. The molecule has 0 aromatic carbocycles. The lowest BCUT2D eigenvalue weighted by molar-refractivity contribution is 0.0962. The highest BCUT2D eigenvalue weighted by Crippen LogP contribution is 2.36. The van der Waals surface area contributed by atoms with E-state index >= 15 is 4.39 Å². The summed E-state index contributed by atoms with van der Waals surface area (Å²) in [6.45, 7) is 3.68. The van der Waals surface area contributed by atoms with Crippen LogP contribution in [0, 0.1) is 24.6 Å². The van der Waals surface area contributed by atoms with Gasteiger partial charge in [0.05, 0.1) is 17.2 Å². The zero-order chi connectivity index (χ0) is 24.0. The number of nitrogens with two attached hydrogens (primary N) is 2. The molecular formula is C25H30FN5O2S. The lowest BCUT2D eigenvalue weighted by atomic mass is 9.83. The number of ether oxygens (including phenoxy) is 1. The van der Waals surface area contributed by atoms with Gasteiger partial charge in [-0.05, 0) is 55.9 Å². The monoisotopic (exact) mass is 483 g/mol. The summed E-state index contributed by atoms with van der Waals surface area (Å²) in [6.07, 6.45) is 2.59. The summed E-state index contributed by atoms with van der Waals surface area (Å²) in [4.78, 5) is 25.6. The molecule has 180 valence electrons. The van der Waals surface area contributed by atoms with Crippen LogP contribution in [-0.2, 0) is 17.6 Å². The van der Waals surface area contributed by atoms with Crippen LogP contribution in [0.25, 0.3) is 10.2 Å². The van der Waals surface area contributed by atoms with Gasteiger partial charge in [0.2, 0.25) is 0 Å². The third-order valence-corrected chi connectivity index (χ3v) is 8.21. The first kappa shape index (κ1) is 23.1. The molecule has 5 rings (SSSR count). The first-order valence-electron chi connectivity index (χ1n) is 11.7. The van der Waals surface area contributed by atoms with E-state index in [-0.39, 0.29) is 29.5 Å². The van der Waals surface area contributed by atoms with E-state index in [1.54, 1.807) is 13.2 Å². The molecular weight excluding hydrogens is 453 g/mol. The fourth-order valence-electron chi connectivity index (χ4n) is 5.21. The molecule has 4 N–H and O–H groups in total. The van der Waals surface area contributed by atoms with Gasteiger partial charge in [-0.1, -0.05) is 0 Å². The number of methoxy groups -OCH3 is 1. The number of nitrogen functional groups attached to an aromatic ring is 1. The summed E-state index contributed by atoms with van der Waals surface area (Å²) >= 11 is 1.36. The van der Waals surface area contributed by atoms with Gasteiger partial charge in [0.15, 0.2) is 17.4 Å². The highest BCUT2D eigenvalue weighted by atomic mass is 32.1. The van der Waals surface area contributed by atoms with E-state index in [1.807, 2.05) is 24.0 Å². The van der Waals surface area contributed by atoms with Crippen molar-refractivity contribution in [2.24, 2.45) is 17.6 Å². The van der Waals surface area contributed by atoms with Crippen molar-refractivity contribution in [3.8, 4) is 0 Å². The molecule has 3 atom stereocenters. The number of anilines is 2. The topological polar surface area (TPSA) is 107 Å². The molecule has 7 nitrogen and oxygen atoms in total. The second-order valence-electron chi connectivity index (χ2n) is 9.57. The minimum atomic E-state index is -0.328. The number of ketones is 1. The Bertz CT molecular complexity index is 1250. The molecule has 34 heavy (non-hydrogen) atoms. The summed E-state index contributed by atoms with van der Waals surface area (Å²) in [5, 5.41) is 0.834. The molecule has 3 aromatic heterocycles. The van der Waals surface area contributed by atoms with Gasteiger partial charge in [-0.3, -0.25) is 4.79 Å². The zero-order valence-electron chi connectivity index (χ0n) is 19.5. The van der Waals surface area contributed by atoms with Gasteiger partial charge in [-0.2, -0.15) is 0 Å². The molecule has 0 amide bonds. The standard InChI is InChI=1S/C25H30FN5O2S/c1-13-3-5-17-22(28)23(34-25(17)29-13)21(32)8-14-4-6-20-15(7-14)9-18(26)24(30-20)31-10-16(12-33-2)19(27)11-31/h3,5,9,14,16,19H,4,6-8,10-12,27-28H2,1-2H3/t14-,16-,19-/m1/s1. The molecule has 0 saturated carbocycles. The van der Waals surface area contributed by atoms with Crippen molar-refractivity contribution in [3.05, 3.63) is 45.8 Å². The van der Waals surface area contributed by atoms with Gasteiger partial charge in [-0.25, -0.2) is 14.4 Å². The largest absolute Gasteiger partial charge is 0.397 e. The smallest absolute Gasteiger partial charge is 0.175 e. The van der Waals surface area contributed by atoms with Gasteiger partial charge < -0.3 is 21.1 Å². The van der Waals surface area contributed by atoms with Gasteiger partial charge in [-0.15, -0.1) is 11.3 Å². The molecule has 4 heterocycles. The lowest BCUT2D eigenvalue weighted by Gasteiger charge is -2.26. The molecule has 1 aliphatic carbocycles. The molecule has 9 heteroatoms. The number of carbonyl (C=O) groups is 1. The number of aromatic nitrogens is 2. The third kappa shape index (κ3) is 4.28. The Morgan fingerprint density at radius 2 is 2.15 bits per heavy atom. The average Bonchev–Trinajstić information content (AvgIpc) is 3.32. The summed E-state index contributed by atoms with van der Waals surface area (Å²) in [5.41, 5.74) is 15.7. The number of carbonyl (C=O) groups excluding carboxylic acids is 1. The number of halogens is 1. The van der Waals surface area contributed by atoms with Gasteiger partial charge in [0.25, 0.3) is 0 Å². The van der Waals surface area contributed by atoms with Gasteiger partial charge >= 0.3 is 0 Å². The molecule has 0 bridgehead atoms. The number of rotatable bonds is 6. The Labute approximate surface area is 202 Å². The van der Waals surface area contributed by atoms with E-state index in [0.717, 1.165) is 40.0 Å². The van der Waals surface area contributed by atoms with Crippen LogP contribution >= 0.6 is 11.3 Å². The maximum absolute atomic E-state index is 15.1. The summed E-state index contributed by atoms with van der Waals surface area (Å²) in [7, 11) is 1.65. The maximum atomic E-state index is 15.1. The molecule has 0 spiro atoms. The normalized spacial score (nSPS) is 22.4. The SMILES string of the molecule is COC[C@H]1CN(c2nc3c(cc2F)C[C@H](CC(=O)c2sc4nc(C)ccc4c2N)CC3)C[C@H]1N. The second-order valence-corrected chi connectivity index (χ2v) is 10.6. The predicted molar refractivity (Wildman–Crippen MR) is 133 cm³/mol. The second kappa shape index (κ2) is 9.20. The van der Waals surface area contributed by atoms with Crippen LogP contribution in [0.3, 0.4) is 0 Å². The van der Waals surface area contributed by atoms with E-state index in [2.05, 4.69) is 4.98 Å². The molecule has 1 saturated heterocycles. The van der Waals surface area contributed by atoms with Crippen LogP contribution in [0.15, 0.2) is 18.2 Å². The van der Waals surface area contributed by atoms with Crippen LogP contribution < -0.4 is 16.4 Å². The number of hydrogen-bond donors (Lipinski definition) is 2. The number of fused-ring (bicyclic) bond motifs is 2. The van der Waals surface area contributed by atoms with Gasteiger partial charge in [0.1, 0.15) is 4.83 Å². The maximum Gasteiger partial charge on any atom is 0.175 e.